The molecule has 0 aromatic rings. The molecule has 0 aromatic carbocycles. The van der Waals surface area contributed by atoms with Gasteiger partial charge in [0.1, 0.15) is 13.2 Å². The first-order valence-corrected chi connectivity index (χ1v) is 5.55. The number of hydrogen-bond donors (Lipinski definition) is 0. The third-order valence-electron chi connectivity index (χ3n) is 1.34. The number of hydrogen-bond acceptors (Lipinski definition) is 2. The van der Waals surface area contributed by atoms with Crippen LogP contribution in [-0.4, -0.2) is 44.9 Å². The maximum atomic E-state index is 11.0. The lowest BCUT2D eigenvalue weighted by molar-refractivity contribution is -0.870. The fraction of sp³-hybridized carbons (Fsp3) is 0.750. The highest BCUT2D eigenvalue weighted by Crippen LogP contribution is 2.21. The van der Waals surface area contributed by atoms with Crippen molar-refractivity contribution < 1.29 is 13.6 Å². The first kappa shape index (κ1) is 11.9. The predicted octanol–water partition coefficient (Wildman–Crippen LogP) is 1.37. The number of nitrogens with zero attached hydrogens (tertiary/aromatic N) is 1. The third-order valence-corrected chi connectivity index (χ3v) is 2.48. The molecule has 12 heavy (non-hydrogen) atoms. The molecule has 0 bridgehead atoms. The summed E-state index contributed by atoms with van der Waals surface area (Å²) in [6.45, 7) is 4.95. The second kappa shape index (κ2) is 5.52. The van der Waals surface area contributed by atoms with Gasteiger partial charge in [-0.25, -0.2) is 0 Å². The van der Waals surface area contributed by atoms with Gasteiger partial charge in [0, 0.05) is 6.16 Å². The highest BCUT2D eigenvalue weighted by molar-refractivity contribution is 7.39. The minimum absolute atomic E-state index is 0.488. The molecule has 0 aliphatic rings. The van der Waals surface area contributed by atoms with E-state index in [1.807, 2.05) is 0 Å². The van der Waals surface area contributed by atoms with Crippen LogP contribution in [0.15, 0.2) is 12.7 Å². The minimum atomic E-state index is -1.84. The van der Waals surface area contributed by atoms with Crippen LogP contribution in [0.25, 0.3) is 0 Å². The zero-order valence-corrected chi connectivity index (χ0v) is 9.17. The van der Waals surface area contributed by atoms with Crippen molar-refractivity contribution in [1.29, 1.82) is 0 Å². The van der Waals surface area contributed by atoms with E-state index in [1.54, 1.807) is 6.08 Å². The summed E-state index contributed by atoms with van der Waals surface area (Å²) in [5, 5.41) is 0. The summed E-state index contributed by atoms with van der Waals surface area (Å²) in [7, 11) is 4.39. The van der Waals surface area contributed by atoms with E-state index in [9.17, 15) is 4.57 Å². The smallest absolute Gasteiger partial charge is 0.195 e. The second-order valence-electron chi connectivity index (χ2n) is 3.73. The van der Waals surface area contributed by atoms with Crippen molar-refractivity contribution in [3.05, 3.63) is 12.7 Å². The van der Waals surface area contributed by atoms with Crippen molar-refractivity contribution in [3.63, 3.8) is 0 Å². The van der Waals surface area contributed by atoms with Gasteiger partial charge >= 0.3 is 0 Å². The molecule has 0 saturated heterocycles. The molecule has 0 amide bonds. The summed E-state index contributed by atoms with van der Waals surface area (Å²) in [4.78, 5) is 0. The minimum Gasteiger partial charge on any atom is -0.329 e. The highest BCUT2D eigenvalue weighted by atomic mass is 31.1. The van der Waals surface area contributed by atoms with E-state index in [0.29, 0.717) is 12.8 Å². The van der Waals surface area contributed by atoms with Gasteiger partial charge < -0.3 is 9.01 Å². The van der Waals surface area contributed by atoms with Crippen molar-refractivity contribution in [1.82, 2.24) is 0 Å². The molecule has 4 heteroatoms. The van der Waals surface area contributed by atoms with Gasteiger partial charge in [0.15, 0.2) is 8.03 Å². The molecule has 0 spiro atoms. The maximum absolute atomic E-state index is 11.0. The van der Waals surface area contributed by atoms with Gasteiger partial charge in [-0.05, 0) is 0 Å². The van der Waals surface area contributed by atoms with E-state index < -0.39 is 8.03 Å². The van der Waals surface area contributed by atoms with Gasteiger partial charge in [0.05, 0.1) is 21.1 Å². The molecule has 1 atom stereocenters. The zero-order valence-electron chi connectivity index (χ0n) is 8.17. The van der Waals surface area contributed by atoms with Gasteiger partial charge in [-0.2, -0.15) is 0 Å². The molecule has 0 radical (unpaired) electrons. The molecule has 3 nitrogen and oxygen atoms in total. The molecule has 0 aliphatic carbocycles. The van der Waals surface area contributed by atoms with Crippen LogP contribution >= 0.6 is 8.03 Å². The average Bonchev–Trinajstić information content (AvgIpc) is 1.84. The Labute approximate surface area is 75.5 Å². The summed E-state index contributed by atoms with van der Waals surface area (Å²) in [5.41, 5.74) is 0. The van der Waals surface area contributed by atoms with Gasteiger partial charge in [-0.1, -0.05) is 6.08 Å². The predicted molar refractivity (Wildman–Crippen MR) is 52.9 cm³/mol. The Kier molecular flexibility index (Phi) is 5.47. The molecule has 0 fully saturated rings. The zero-order chi connectivity index (χ0) is 9.61. The van der Waals surface area contributed by atoms with Gasteiger partial charge in [-0.15, -0.1) is 6.58 Å². The van der Waals surface area contributed by atoms with E-state index in [1.165, 1.54) is 0 Å². The summed E-state index contributed by atoms with van der Waals surface area (Å²) >= 11 is 0. The van der Waals surface area contributed by atoms with Gasteiger partial charge in [-0.3, -0.25) is 4.57 Å². The van der Waals surface area contributed by atoms with Crippen molar-refractivity contribution in [3.8, 4) is 0 Å². The van der Waals surface area contributed by atoms with Crippen LogP contribution in [-0.2, 0) is 9.09 Å². The average molecular weight is 192 g/mol. The lowest BCUT2D eigenvalue weighted by Crippen LogP contribution is -2.37. The van der Waals surface area contributed by atoms with E-state index >= 15 is 0 Å². The lowest BCUT2D eigenvalue weighted by atomic mass is 10.5. The molecular weight excluding hydrogens is 173 g/mol. The second-order valence-corrected chi connectivity index (χ2v) is 5.17. The molecular formula is C8H19NO2P+. The fourth-order valence-corrected chi connectivity index (χ4v) is 1.28. The molecule has 0 N–H and O–H groups in total. The summed E-state index contributed by atoms with van der Waals surface area (Å²) in [6, 6.07) is 0. The van der Waals surface area contributed by atoms with Crippen LogP contribution in [0, 0.1) is 0 Å². The molecule has 0 aliphatic heterocycles. The van der Waals surface area contributed by atoms with E-state index in [-0.39, 0.29) is 0 Å². The van der Waals surface area contributed by atoms with Gasteiger partial charge in [0.25, 0.3) is 0 Å². The third kappa shape index (κ3) is 7.99. The molecule has 72 valence electrons. The largest absolute Gasteiger partial charge is 0.329 e. The first-order chi connectivity index (χ1) is 5.45. The topological polar surface area (TPSA) is 26.3 Å². The number of likely N-dealkylation sites (N-methyl/N-ethyl adjacent to an activating group) is 1. The van der Waals surface area contributed by atoms with Crippen molar-refractivity contribution in [2.24, 2.45) is 0 Å². The SMILES string of the molecule is C=CC[PH](=O)OCC[N+](C)(C)C. The highest BCUT2D eigenvalue weighted by Gasteiger charge is 2.06. The quantitative estimate of drug-likeness (QED) is 0.361. The molecule has 0 saturated carbocycles. The van der Waals surface area contributed by atoms with Crippen LogP contribution in [0.1, 0.15) is 0 Å². The normalized spacial score (nSPS) is 14.2. The maximum Gasteiger partial charge on any atom is 0.195 e. The van der Waals surface area contributed by atoms with Crippen molar-refractivity contribution in [2.75, 3.05) is 40.5 Å². The number of quaternary nitrogens is 1. The molecule has 0 aromatic heterocycles. The Hall–Kier alpha value is -0.110. The first-order valence-electron chi connectivity index (χ1n) is 4.02. The fourth-order valence-electron chi connectivity index (χ4n) is 0.610. The number of allylic oxidation sites excluding steroid dienone is 1. The monoisotopic (exact) mass is 192 g/mol. The Morgan fingerprint density at radius 3 is 2.50 bits per heavy atom. The number of rotatable bonds is 6. The standard InChI is InChI=1S/C8H19NO2P/c1-5-8-12(10)11-7-6-9(2,3)4/h5,12H,1,6-8H2,2-4H3/q+1. The molecule has 0 heterocycles. The Morgan fingerprint density at radius 1 is 1.50 bits per heavy atom. The van der Waals surface area contributed by atoms with Crippen LogP contribution in [0.4, 0.5) is 0 Å². The Morgan fingerprint density at radius 2 is 2.08 bits per heavy atom. The summed E-state index contributed by atoms with van der Waals surface area (Å²) < 4.78 is 17.0. The Balaban J connectivity index is 3.43. The van der Waals surface area contributed by atoms with Gasteiger partial charge in [0.2, 0.25) is 0 Å². The van der Waals surface area contributed by atoms with Crippen LogP contribution in [0.5, 0.6) is 0 Å². The Bertz CT molecular complexity index is 163. The van der Waals surface area contributed by atoms with Crippen molar-refractivity contribution >= 4 is 8.03 Å². The van der Waals surface area contributed by atoms with Crippen LogP contribution in [0.2, 0.25) is 0 Å². The summed E-state index contributed by atoms with van der Waals surface area (Å²) in [6.07, 6.45) is 2.12. The van der Waals surface area contributed by atoms with E-state index in [2.05, 4.69) is 27.7 Å². The summed E-state index contributed by atoms with van der Waals surface area (Å²) in [5.74, 6) is 0. The van der Waals surface area contributed by atoms with E-state index in [4.69, 9.17) is 4.52 Å². The van der Waals surface area contributed by atoms with Crippen LogP contribution in [0.3, 0.4) is 0 Å². The lowest BCUT2D eigenvalue weighted by Gasteiger charge is -2.23. The van der Waals surface area contributed by atoms with Crippen LogP contribution < -0.4 is 0 Å². The van der Waals surface area contributed by atoms with E-state index in [0.717, 1.165) is 11.0 Å². The van der Waals surface area contributed by atoms with Crippen molar-refractivity contribution in [2.45, 2.75) is 0 Å². The molecule has 1 unspecified atom stereocenters. The molecule has 0 rings (SSSR count).